The van der Waals surface area contributed by atoms with Crippen molar-refractivity contribution in [2.45, 2.75) is 25.8 Å². The Morgan fingerprint density at radius 3 is 2.92 bits per heavy atom. The van der Waals surface area contributed by atoms with Gasteiger partial charge in [0.25, 0.3) is 0 Å². The van der Waals surface area contributed by atoms with Gasteiger partial charge < -0.3 is 11.5 Å². The van der Waals surface area contributed by atoms with Crippen molar-refractivity contribution in [2.75, 3.05) is 5.73 Å². The molecule has 0 bridgehead atoms. The van der Waals surface area contributed by atoms with Gasteiger partial charge in [-0.15, -0.1) is 0 Å². The van der Waals surface area contributed by atoms with Crippen LogP contribution in [0.25, 0.3) is 0 Å². The lowest BCUT2D eigenvalue weighted by molar-refractivity contribution is 0.638. The minimum Gasteiger partial charge on any atom is -0.384 e. The molecule has 0 aliphatic heterocycles. The monoisotopic (exact) mass is 165 g/mol. The van der Waals surface area contributed by atoms with E-state index in [-0.39, 0.29) is 6.04 Å². The van der Waals surface area contributed by atoms with E-state index in [9.17, 15) is 0 Å². The summed E-state index contributed by atoms with van der Waals surface area (Å²) in [5.41, 5.74) is 12.5. The maximum absolute atomic E-state index is 5.89. The first-order chi connectivity index (χ1) is 5.74. The molecule has 0 radical (unpaired) electrons. The number of rotatable bonds is 3. The van der Waals surface area contributed by atoms with Crippen molar-refractivity contribution in [3.05, 3.63) is 23.9 Å². The van der Waals surface area contributed by atoms with Crippen LogP contribution in [0.5, 0.6) is 0 Å². The molecule has 1 aromatic rings. The molecule has 12 heavy (non-hydrogen) atoms. The molecule has 0 saturated heterocycles. The van der Waals surface area contributed by atoms with Gasteiger partial charge in [-0.3, -0.25) is 0 Å². The van der Waals surface area contributed by atoms with Crippen LogP contribution in [0.2, 0.25) is 0 Å². The number of hydrogen-bond donors (Lipinski definition) is 2. The van der Waals surface area contributed by atoms with Crippen LogP contribution >= 0.6 is 0 Å². The molecule has 0 aromatic carbocycles. The first-order valence-electron chi connectivity index (χ1n) is 4.21. The molecule has 66 valence electrons. The van der Waals surface area contributed by atoms with Gasteiger partial charge in [-0.2, -0.15) is 0 Å². The van der Waals surface area contributed by atoms with E-state index in [1.807, 2.05) is 12.1 Å². The number of nitrogen functional groups attached to an aromatic ring is 1. The number of pyridine rings is 1. The van der Waals surface area contributed by atoms with E-state index in [4.69, 9.17) is 11.5 Å². The maximum atomic E-state index is 5.89. The maximum Gasteiger partial charge on any atom is 0.123 e. The van der Waals surface area contributed by atoms with Crippen LogP contribution in [0.15, 0.2) is 18.3 Å². The summed E-state index contributed by atoms with van der Waals surface area (Å²) in [5.74, 6) is 0.541. The fourth-order valence-electron chi connectivity index (χ4n) is 1.17. The minimum absolute atomic E-state index is 0.0975. The quantitative estimate of drug-likeness (QED) is 0.712. The Balaban J connectivity index is 2.73. The van der Waals surface area contributed by atoms with Crippen LogP contribution < -0.4 is 11.5 Å². The standard InChI is InChI=1S/C9H15N3/c1-2-3-8(10)7-4-5-12-9(11)6-7/h4-6,8H,2-3,10H2,1H3,(H2,11,12)/t8-/m1/s1. The second kappa shape index (κ2) is 4.07. The zero-order valence-electron chi connectivity index (χ0n) is 7.33. The molecule has 0 amide bonds. The van der Waals surface area contributed by atoms with Gasteiger partial charge in [0.05, 0.1) is 0 Å². The molecular weight excluding hydrogens is 150 g/mol. The fourth-order valence-corrected chi connectivity index (χ4v) is 1.17. The third kappa shape index (κ3) is 2.20. The van der Waals surface area contributed by atoms with Crippen molar-refractivity contribution in [1.29, 1.82) is 0 Å². The van der Waals surface area contributed by atoms with Crippen LogP contribution in [0.4, 0.5) is 5.82 Å². The first-order valence-corrected chi connectivity index (χ1v) is 4.21. The molecule has 1 atom stereocenters. The van der Waals surface area contributed by atoms with Crippen molar-refractivity contribution < 1.29 is 0 Å². The molecule has 0 aliphatic rings. The Bertz CT molecular complexity index is 247. The van der Waals surface area contributed by atoms with Gasteiger partial charge in [0.1, 0.15) is 5.82 Å². The van der Waals surface area contributed by atoms with E-state index in [1.165, 1.54) is 0 Å². The summed E-state index contributed by atoms with van der Waals surface area (Å²) in [6, 6.07) is 3.84. The lowest BCUT2D eigenvalue weighted by Gasteiger charge is -2.10. The molecule has 0 aliphatic carbocycles. The zero-order valence-corrected chi connectivity index (χ0v) is 7.33. The normalized spacial score (nSPS) is 12.8. The Hall–Kier alpha value is -1.09. The van der Waals surface area contributed by atoms with Crippen molar-refractivity contribution in [2.24, 2.45) is 5.73 Å². The summed E-state index contributed by atoms with van der Waals surface area (Å²) in [6.07, 6.45) is 3.77. The van der Waals surface area contributed by atoms with Gasteiger partial charge in [0, 0.05) is 12.2 Å². The molecule has 1 heterocycles. The van der Waals surface area contributed by atoms with Gasteiger partial charge in [-0.25, -0.2) is 4.98 Å². The number of anilines is 1. The SMILES string of the molecule is CCC[C@@H](N)c1ccnc(N)c1. The summed E-state index contributed by atoms with van der Waals surface area (Å²) in [7, 11) is 0. The summed E-state index contributed by atoms with van der Waals surface area (Å²) in [5, 5.41) is 0. The molecule has 1 rings (SSSR count). The van der Waals surface area contributed by atoms with E-state index >= 15 is 0 Å². The summed E-state index contributed by atoms with van der Waals surface area (Å²) in [4.78, 5) is 3.90. The topological polar surface area (TPSA) is 64.9 Å². The number of aromatic nitrogens is 1. The second-order valence-electron chi connectivity index (χ2n) is 2.91. The predicted molar refractivity (Wildman–Crippen MR) is 50.5 cm³/mol. The van der Waals surface area contributed by atoms with E-state index in [2.05, 4.69) is 11.9 Å². The molecule has 0 fully saturated rings. The average Bonchev–Trinajstić information content (AvgIpc) is 2.05. The molecule has 1 aromatic heterocycles. The number of nitrogens with two attached hydrogens (primary N) is 2. The van der Waals surface area contributed by atoms with E-state index in [0.29, 0.717) is 5.82 Å². The number of nitrogens with zero attached hydrogens (tertiary/aromatic N) is 1. The largest absolute Gasteiger partial charge is 0.384 e. The molecule has 0 spiro atoms. The van der Waals surface area contributed by atoms with Crippen LogP contribution in [-0.4, -0.2) is 4.98 Å². The highest BCUT2D eigenvalue weighted by Crippen LogP contribution is 2.15. The molecule has 0 saturated carbocycles. The number of hydrogen-bond acceptors (Lipinski definition) is 3. The van der Waals surface area contributed by atoms with Gasteiger partial charge in [-0.05, 0) is 24.1 Å². The second-order valence-corrected chi connectivity index (χ2v) is 2.91. The van der Waals surface area contributed by atoms with Gasteiger partial charge in [0.2, 0.25) is 0 Å². The van der Waals surface area contributed by atoms with Gasteiger partial charge >= 0.3 is 0 Å². The van der Waals surface area contributed by atoms with Crippen molar-refractivity contribution in [3.63, 3.8) is 0 Å². The highest BCUT2D eigenvalue weighted by atomic mass is 14.8. The van der Waals surface area contributed by atoms with E-state index in [0.717, 1.165) is 18.4 Å². The van der Waals surface area contributed by atoms with Crippen LogP contribution in [0.3, 0.4) is 0 Å². The van der Waals surface area contributed by atoms with Crippen LogP contribution in [0.1, 0.15) is 31.4 Å². The predicted octanol–water partition coefficient (Wildman–Crippen LogP) is 1.46. The minimum atomic E-state index is 0.0975. The van der Waals surface area contributed by atoms with Crippen LogP contribution in [-0.2, 0) is 0 Å². The summed E-state index contributed by atoms with van der Waals surface area (Å²) < 4.78 is 0. The Kier molecular flexibility index (Phi) is 3.05. The smallest absolute Gasteiger partial charge is 0.123 e. The zero-order chi connectivity index (χ0) is 8.97. The molecular formula is C9H15N3. The Labute approximate surface area is 72.8 Å². The van der Waals surface area contributed by atoms with Crippen molar-refractivity contribution >= 4 is 5.82 Å². The molecule has 3 nitrogen and oxygen atoms in total. The molecule has 4 N–H and O–H groups in total. The average molecular weight is 165 g/mol. The van der Waals surface area contributed by atoms with Crippen molar-refractivity contribution in [3.8, 4) is 0 Å². The molecule has 3 heteroatoms. The first kappa shape index (κ1) is 9.00. The van der Waals surface area contributed by atoms with Gasteiger partial charge in [-0.1, -0.05) is 13.3 Å². The third-order valence-corrected chi connectivity index (χ3v) is 1.83. The lowest BCUT2D eigenvalue weighted by atomic mass is 10.0. The lowest BCUT2D eigenvalue weighted by Crippen LogP contribution is -2.10. The molecule has 0 unspecified atom stereocenters. The van der Waals surface area contributed by atoms with E-state index < -0.39 is 0 Å². The Morgan fingerprint density at radius 2 is 2.33 bits per heavy atom. The third-order valence-electron chi connectivity index (χ3n) is 1.83. The van der Waals surface area contributed by atoms with Gasteiger partial charge in [0.15, 0.2) is 0 Å². The highest BCUT2D eigenvalue weighted by molar-refractivity contribution is 5.33. The highest BCUT2D eigenvalue weighted by Gasteiger charge is 2.03. The van der Waals surface area contributed by atoms with Crippen LogP contribution in [0, 0.1) is 0 Å². The Morgan fingerprint density at radius 1 is 1.58 bits per heavy atom. The summed E-state index contributed by atoms with van der Waals surface area (Å²) >= 11 is 0. The summed E-state index contributed by atoms with van der Waals surface area (Å²) in [6.45, 7) is 2.12. The fraction of sp³-hybridized carbons (Fsp3) is 0.444. The van der Waals surface area contributed by atoms with E-state index in [1.54, 1.807) is 6.20 Å². The van der Waals surface area contributed by atoms with Crippen molar-refractivity contribution in [1.82, 2.24) is 4.98 Å².